The Labute approximate surface area is 169 Å². The van der Waals surface area contributed by atoms with Gasteiger partial charge >= 0.3 is 0 Å². The Hall–Kier alpha value is -0.480. The van der Waals surface area contributed by atoms with Gasteiger partial charge in [-0.1, -0.05) is 0 Å². The van der Waals surface area contributed by atoms with Crippen molar-refractivity contribution in [1.82, 2.24) is 10.2 Å². The summed E-state index contributed by atoms with van der Waals surface area (Å²) in [5.74, 6) is 0. The fourth-order valence-electron chi connectivity index (χ4n) is 2.95. The molecule has 0 aromatic carbocycles. The van der Waals surface area contributed by atoms with E-state index in [4.69, 9.17) is 9.47 Å². The maximum Gasteiger partial charge on any atom is 0.187 e. The van der Waals surface area contributed by atoms with Crippen molar-refractivity contribution in [2.75, 3.05) is 46.9 Å². The number of hydrogen-bond acceptors (Lipinski definition) is 12. The van der Waals surface area contributed by atoms with Crippen LogP contribution >= 0.6 is 0 Å². The zero-order chi connectivity index (χ0) is 22.1. The first-order chi connectivity index (χ1) is 13.6. The lowest BCUT2D eigenvalue weighted by Gasteiger charge is -2.42. The Morgan fingerprint density at radius 3 is 2.21 bits per heavy atom. The van der Waals surface area contributed by atoms with E-state index in [1.807, 2.05) is 19.0 Å². The van der Waals surface area contributed by atoms with Gasteiger partial charge in [-0.2, -0.15) is 0 Å². The minimum absolute atomic E-state index is 0.0265. The lowest BCUT2D eigenvalue weighted by Crippen LogP contribution is -2.61. The van der Waals surface area contributed by atoms with Gasteiger partial charge in [-0.15, -0.1) is 0 Å². The van der Waals surface area contributed by atoms with Gasteiger partial charge in [0, 0.05) is 6.54 Å². The van der Waals surface area contributed by atoms with Crippen LogP contribution in [0.25, 0.3) is 0 Å². The minimum atomic E-state index is -1.75. The van der Waals surface area contributed by atoms with Gasteiger partial charge < -0.3 is 60.5 Å². The van der Waals surface area contributed by atoms with Crippen molar-refractivity contribution in [3.05, 3.63) is 0 Å². The monoisotopic (exact) mass is 428 g/mol. The van der Waals surface area contributed by atoms with Crippen LogP contribution in [0.4, 0.5) is 0 Å². The summed E-state index contributed by atoms with van der Waals surface area (Å²) < 4.78 is 10.5. The summed E-state index contributed by atoms with van der Waals surface area (Å²) in [4.78, 5) is 1.99. The molecule has 1 saturated heterocycles. The van der Waals surface area contributed by atoms with Gasteiger partial charge in [0.25, 0.3) is 0 Å². The van der Waals surface area contributed by atoms with Crippen molar-refractivity contribution in [2.45, 2.75) is 61.5 Å². The summed E-state index contributed by atoms with van der Waals surface area (Å²) in [6.45, 7) is -0.121. The molecule has 12 nitrogen and oxygen atoms in total. The number of nitrogens with zero attached hydrogens (tertiary/aromatic N) is 1. The molecule has 0 amide bonds. The highest BCUT2D eigenvalue weighted by Crippen LogP contribution is 2.24. The molecule has 0 bridgehead atoms. The average molecular weight is 428 g/mol. The van der Waals surface area contributed by atoms with E-state index in [9.17, 15) is 40.9 Å². The fourth-order valence-corrected chi connectivity index (χ4v) is 2.95. The summed E-state index contributed by atoms with van der Waals surface area (Å²) in [5, 5.41) is 81.7. The number of nitrogens with one attached hydrogen (secondary N) is 1. The number of hydrogen-bond donors (Lipinski definition) is 9. The van der Waals surface area contributed by atoms with Crippen LogP contribution in [0.1, 0.15) is 6.42 Å². The van der Waals surface area contributed by atoms with Crippen LogP contribution in [0.2, 0.25) is 0 Å². The Balaban J connectivity index is 2.70. The highest BCUT2D eigenvalue weighted by molar-refractivity contribution is 4.91. The molecule has 0 radical (unpaired) electrons. The molecule has 0 aromatic rings. The van der Waals surface area contributed by atoms with Crippen LogP contribution in [0.3, 0.4) is 0 Å². The van der Waals surface area contributed by atoms with Gasteiger partial charge in [0.2, 0.25) is 0 Å². The molecule has 1 aliphatic rings. The predicted molar refractivity (Wildman–Crippen MR) is 99.8 cm³/mol. The molecule has 1 heterocycles. The summed E-state index contributed by atoms with van der Waals surface area (Å²) in [6, 6.07) is 0. The highest BCUT2D eigenvalue weighted by atomic mass is 16.7. The van der Waals surface area contributed by atoms with E-state index in [1.54, 1.807) is 0 Å². The topological polar surface area (TPSA) is 196 Å². The van der Waals surface area contributed by atoms with Crippen LogP contribution < -0.4 is 5.32 Å². The molecule has 1 rings (SSSR count). The van der Waals surface area contributed by atoms with Crippen molar-refractivity contribution < 1.29 is 50.3 Å². The number of ether oxygens (including phenoxy) is 2. The lowest BCUT2D eigenvalue weighted by atomic mass is 9.98. The van der Waals surface area contributed by atoms with Gasteiger partial charge in [-0.25, -0.2) is 0 Å². The van der Waals surface area contributed by atoms with E-state index >= 15 is 0 Å². The standard InChI is InChI=1S/C17H36N2O10/c1-19(2)5-3-4-18-6-9(22)12(24)16(10(23)7-20)29-17-15(27)14(26)13(25)11(8-21)28-17/h9-18,20-27H,3-8H2,1-2H3/t9?,10?,11?,12?,13-,14-,15?,16?,17-/m0/s1. The van der Waals surface area contributed by atoms with E-state index in [0.29, 0.717) is 6.54 Å². The lowest BCUT2D eigenvalue weighted by molar-refractivity contribution is -0.327. The molecule has 1 aliphatic heterocycles. The molecule has 0 spiro atoms. The molecule has 12 heteroatoms. The van der Waals surface area contributed by atoms with Crippen molar-refractivity contribution >= 4 is 0 Å². The van der Waals surface area contributed by atoms with E-state index in [2.05, 4.69) is 5.32 Å². The Morgan fingerprint density at radius 1 is 1.00 bits per heavy atom. The maximum absolute atomic E-state index is 10.4. The van der Waals surface area contributed by atoms with Crippen LogP contribution in [-0.2, 0) is 9.47 Å². The molecule has 29 heavy (non-hydrogen) atoms. The fraction of sp³-hybridized carbons (Fsp3) is 1.00. The van der Waals surface area contributed by atoms with Crippen LogP contribution in [0.5, 0.6) is 0 Å². The molecule has 6 unspecified atom stereocenters. The summed E-state index contributed by atoms with van der Waals surface area (Å²) >= 11 is 0. The van der Waals surface area contributed by atoms with Crippen LogP contribution in [0.15, 0.2) is 0 Å². The molecule has 9 N–H and O–H groups in total. The largest absolute Gasteiger partial charge is 0.394 e. The Bertz CT molecular complexity index is 444. The Morgan fingerprint density at radius 2 is 1.66 bits per heavy atom. The maximum atomic E-state index is 10.4. The summed E-state index contributed by atoms with van der Waals surface area (Å²) in [7, 11) is 3.85. The minimum Gasteiger partial charge on any atom is -0.394 e. The quantitative estimate of drug-likeness (QED) is 0.127. The average Bonchev–Trinajstić information content (AvgIpc) is 2.69. The van der Waals surface area contributed by atoms with E-state index in [-0.39, 0.29) is 6.54 Å². The number of aliphatic hydroxyl groups excluding tert-OH is 8. The third-order valence-electron chi connectivity index (χ3n) is 4.75. The second-order valence-corrected chi connectivity index (χ2v) is 7.47. The van der Waals surface area contributed by atoms with Crippen molar-refractivity contribution in [2.24, 2.45) is 0 Å². The molecular formula is C17H36N2O10. The Kier molecular flexibility index (Phi) is 11.9. The van der Waals surface area contributed by atoms with E-state index in [1.165, 1.54) is 0 Å². The molecular weight excluding hydrogens is 392 g/mol. The summed E-state index contributed by atoms with van der Waals surface area (Å²) in [6.07, 6.45) is -13.4. The van der Waals surface area contributed by atoms with Crippen LogP contribution in [0, 0.1) is 0 Å². The molecule has 174 valence electrons. The molecule has 0 aliphatic carbocycles. The van der Waals surface area contributed by atoms with Crippen molar-refractivity contribution in [3.63, 3.8) is 0 Å². The zero-order valence-corrected chi connectivity index (χ0v) is 16.8. The highest BCUT2D eigenvalue weighted by Gasteiger charge is 2.46. The van der Waals surface area contributed by atoms with Gasteiger partial charge in [-0.3, -0.25) is 0 Å². The predicted octanol–water partition coefficient (Wildman–Crippen LogP) is -5.21. The van der Waals surface area contributed by atoms with Gasteiger partial charge in [0.15, 0.2) is 6.29 Å². The van der Waals surface area contributed by atoms with Gasteiger partial charge in [0.05, 0.1) is 19.3 Å². The van der Waals surface area contributed by atoms with Crippen molar-refractivity contribution in [3.8, 4) is 0 Å². The van der Waals surface area contributed by atoms with Crippen LogP contribution in [-0.4, -0.2) is 148 Å². The van der Waals surface area contributed by atoms with E-state index in [0.717, 1.165) is 13.0 Å². The summed E-state index contributed by atoms with van der Waals surface area (Å²) in [5.41, 5.74) is 0. The smallest absolute Gasteiger partial charge is 0.187 e. The molecule has 9 atom stereocenters. The molecule has 1 fully saturated rings. The first-order valence-electron chi connectivity index (χ1n) is 9.60. The molecule has 0 saturated carbocycles. The van der Waals surface area contributed by atoms with Gasteiger partial charge in [-0.05, 0) is 33.6 Å². The second kappa shape index (κ2) is 13.0. The second-order valence-electron chi connectivity index (χ2n) is 7.47. The first kappa shape index (κ1) is 26.6. The zero-order valence-electron chi connectivity index (χ0n) is 16.8. The number of rotatable bonds is 13. The van der Waals surface area contributed by atoms with E-state index < -0.39 is 68.3 Å². The third-order valence-corrected chi connectivity index (χ3v) is 4.75. The van der Waals surface area contributed by atoms with Gasteiger partial charge in [0.1, 0.15) is 42.7 Å². The molecule has 0 aromatic heterocycles. The normalized spacial score (nSPS) is 32.2. The first-order valence-corrected chi connectivity index (χ1v) is 9.60. The number of aliphatic hydroxyl groups is 8. The van der Waals surface area contributed by atoms with Crippen molar-refractivity contribution in [1.29, 1.82) is 0 Å². The SMILES string of the molecule is CN(C)CCCNCC(O)C(O)C(O[C@@H]1OC(CO)[C@H](O)[C@H](O)C1O)C(O)CO. The third kappa shape index (κ3) is 7.94.